The number of para-hydroxylation sites is 1. The summed E-state index contributed by atoms with van der Waals surface area (Å²) >= 11 is 0. The molecule has 28 heavy (non-hydrogen) atoms. The molecule has 1 aromatic heterocycles. The molecule has 3 aromatic rings. The van der Waals surface area contributed by atoms with Gasteiger partial charge in [-0.05, 0) is 48.9 Å². The fourth-order valence-corrected chi connectivity index (χ4v) is 2.53. The highest BCUT2D eigenvalue weighted by Gasteiger charge is 2.11. The van der Waals surface area contributed by atoms with Gasteiger partial charge in [-0.3, -0.25) is 4.79 Å². The van der Waals surface area contributed by atoms with Crippen LogP contribution in [0.15, 0.2) is 76.2 Å². The van der Waals surface area contributed by atoms with Crippen molar-refractivity contribution in [2.24, 2.45) is 5.10 Å². The van der Waals surface area contributed by atoms with Crippen molar-refractivity contribution in [1.29, 1.82) is 0 Å². The average Bonchev–Trinajstić information content (AvgIpc) is 3.21. The van der Waals surface area contributed by atoms with Gasteiger partial charge in [-0.2, -0.15) is 5.10 Å². The molecule has 0 bridgehead atoms. The molecule has 0 aliphatic carbocycles. The Morgan fingerprint density at radius 3 is 2.46 bits per heavy atom. The number of rotatable bonds is 8. The van der Waals surface area contributed by atoms with Crippen molar-refractivity contribution in [2.45, 2.75) is 20.0 Å². The Morgan fingerprint density at radius 2 is 1.75 bits per heavy atom. The minimum Gasteiger partial charge on any atom is -0.497 e. The van der Waals surface area contributed by atoms with Crippen LogP contribution >= 0.6 is 0 Å². The molecule has 6 nitrogen and oxygen atoms in total. The van der Waals surface area contributed by atoms with Crippen LogP contribution in [0.3, 0.4) is 0 Å². The Hall–Kier alpha value is -3.54. The van der Waals surface area contributed by atoms with Crippen molar-refractivity contribution < 1.29 is 18.7 Å². The van der Waals surface area contributed by atoms with Gasteiger partial charge < -0.3 is 13.9 Å². The minimum absolute atomic E-state index is 0.188. The highest BCUT2D eigenvalue weighted by molar-refractivity contribution is 5.93. The van der Waals surface area contributed by atoms with Crippen LogP contribution < -0.4 is 14.9 Å². The third-order valence-electron chi connectivity index (χ3n) is 3.98. The highest BCUT2D eigenvalue weighted by Crippen LogP contribution is 2.14. The monoisotopic (exact) mass is 378 g/mol. The molecule has 0 saturated carbocycles. The van der Waals surface area contributed by atoms with E-state index < -0.39 is 5.91 Å². The molecule has 0 saturated heterocycles. The maximum atomic E-state index is 12.2. The maximum Gasteiger partial charge on any atom is 0.307 e. The SMILES string of the molecule is COc1ccc(C/C(C)=N\NC(=O)c2ccc(COc3ccccc3)o2)cc1. The largest absolute Gasteiger partial charge is 0.497 e. The number of methoxy groups -OCH3 is 1. The van der Waals surface area contributed by atoms with Gasteiger partial charge in [-0.1, -0.05) is 30.3 Å². The zero-order valence-corrected chi connectivity index (χ0v) is 15.8. The second kappa shape index (κ2) is 9.41. The molecule has 0 aliphatic heterocycles. The van der Waals surface area contributed by atoms with Crippen LogP contribution in [0.25, 0.3) is 0 Å². The third kappa shape index (κ3) is 5.48. The molecule has 144 valence electrons. The Morgan fingerprint density at radius 1 is 1.00 bits per heavy atom. The van der Waals surface area contributed by atoms with E-state index in [2.05, 4.69) is 10.5 Å². The summed E-state index contributed by atoms with van der Waals surface area (Å²) in [5.74, 6) is 1.89. The summed E-state index contributed by atoms with van der Waals surface area (Å²) in [6.07, 6.45) is 0.624. The molecular formula is C22H22N2O4. The summed E-state index contributed by atoms with van der Waals surface area (Å²) < 4.78 is 16.3. The van der Waals surface area contributed by atoms with Gasteiger partial charge in [-0.25, -0.2) is 5.43 Å². The number of ether oxygens (including phenoxy) is 2. The first-order chi connectivity index (χ1) is 13.6. The third-order valence-corrected chi connectivity index (χ3v) is 3.98. The summed E-state index contributed by atoms with van der Waals surface area (Å²) in [7, 11) is 1.63. The molecular weight excluding hydrogens is 356 g/mol. The van der Waals surface area contributed by atoms with Gasteiger partial charge in [0.25, 0.3) is 0 Å². The van der Waals surface area contributed by atoms with E-state index in [0.717, 1.165) is 22.8 Å². The Labute approximate surface area is 163 Å². The Kier molecular flexibility index (Phi) is 6.46. The van der Waals surface area contributed by atoms with Gasteiger partial charge >= 0.3 is 5.91 Å². The lowest BCUT2D eigenvalue weighted by Gasteiger charge is -2.04. The summed E-state index contributed by atoms with van der Waals surface area (Å²) in [5, 5.41) is 4.14. The van der Waals surface area contributed by atoms with E-state index in [1.807, 2.05) is 61.5 Å². The summed E-state index contributed by atoms with van der Waals surface area (Å²) in [6.45, 7) is 2.10. The molecule has 1 heterocycles. The molecule has 1 amide bonds. The van der Waals surface area contributed by atoms with E-state index in [1.54, 1.807) is 19.2 Å². The number of benzene rings is 2. The van der Waals surface area contributed by atoms with E-state index in [-0.39, 0.29) is 12.4 Å². The van der Waals surface area contributed by atoms with Gasteiger partial charge in [0.05, 0.1) is 7.11 Å². The van der Waals surface area contributed by atoms with Gasteiger partial charge in [0.15, 0.2) is 5.76 Å². The lowest BCUT2D eigenvalue weighted by atomic mass is 10.1. The minimum atomic E-state index is -0.403. The second-order valence-corrected chi connectivity index (χ2v) is 6.18. The van der Waals surface area contributed by atoms with Crippen LogP contribution in [-0.4, -0.2) is 18.7 Å². The van der Waals surface area contributed by atoms with Crippen LogP contribution in [0.1, 0.15) is 28.8 Å². The number of nitrogens with one attached hydrogen (secondary N) is 1. The van der Waals surface area contributed by atoms with E-state index in [9.17, 15) is 4.79 Å². The van der Waals surface area contributed by atoms with Gasteiger partial charge in [0.1, 0.15) is 23.9 Å². The average molecular weight is 378 g/mol. The van der Waals surface area contributed by atoms with E-state index in [0.29, 0.717) is 12.2 Å². The number of hydrazone groups is 1. The fraction of sp³-hybridized carbons (Fsp3) is 0.182. The highest BCUT2D eigenvalue weighted by atomic mass is 16.5. The lowest BCUT2D eigenvalue weighted by molar-refractivity contribution is 0.0923. The number of carbonyl (C=O) groups excluding carboxylic acids is 1. The number of hydrogen-bond acceptors (Lipinski definition) is 5. The van der Waals surface area contributed by atoms with E-state index in [4.69, 9.17) is 13.9 Å². The van der Waals surface area contributed by atoms with Crippen LogP contribution in [0.2, 0.25) is 0 Å². The predicted molar refractivity (Wildman–Crippen MR) is 107 cm³/mol. The zero-order valence-electron chi connectivity index (χ0n) is 15.8. The molecule has 2 aromatic carbocycles. The van der Waals surface area contributed by atoms with Crippen LogP contribution in [0.4, 0.5) is 0 Å². The maximum absolute atomic E-state index is 12.2. The van der Waals surface area contributed by atoms with Crippen molar-refractivity contribution >= 4 is 11.6 Å². The first-order valence-electron chi connectivity index (χ1n) is 8.87. The molecule has 6 heteroatoms. The first-order valence-corrected chi connectivity index (χ1v) is 8.87. The van der Waals surface area contributed by atoms with Crippen LogP contribution in [-0.2, 0) is 13.0 Å². The number of carbonyl (C=O) groups is 1. The Balaban J connectivity index is 1.51. The standard InChI is InChI=1S/C22H22N2O4/c1-16(14-17-8-10-18(26-2)11-9-17)23-24-22(25)21-13-12-20(28-21)15-27-19-6-4-3-5-7-19/h3-13H,14-15H2,1-2H3,(H,24,25)/b23-16-. The summed E-state index contributed by atoms with van der Waals surface area (Å²) in [6, 6.07) is 20.4. The summed E-state index contributed by atoms with van der Waals surface area (Å²) in [4.78, 5) is 12.2. The second-order valence-electron chi connectivity index (χ2n) is 6.18. The normalized spacial score (nSPS) is 11.1. The van der Waals surface area contributed by atoms with Crippen LogP contribution in [0, 0.1) is 0 Å². The number of amides is 1. The van der Waals surface area contributed by atoms with E-state index in [1.165, 1.54) is 0 Å². The van der Waals surface area contributed by atoms with Crippen molar-refractivity contribution in [3.8, 4) is 11.5 Å². The molecule has 3 rings (SSSR count). The topological polar surface area (TPSA) is 73.1 Å². The van der Waals surface area contributed by atoms with E-state index >= 15 is 0 Å². The molecule has 0 radical (unpaired) electrons. The van der Waals surface area contributed by atoms with Crippen molar-refractivity contribution in [3.63, 3.8) is 0 Å². The number of hydrogen-bond donors (Lipinski definition) is 1. The molecule has 1 N–H and O–H groups in total. The smallest absolute Gasteiger partial charge is 0.307 e. The van der Waals surface area contributed by atoms with Gasteiger partial charge in [0, 0.05) is 12.1 Å². The fourth-order valence-electron chi connectivity index (χ4n) is 2.53. The molecule has 0 atom stereocenters. The van der Waals surface area contributed by atoms with Gasteiger partial charge in [-0.15, -0.1) is 0 Å². The molecule has 0 unspecified atom stereocenters. The first kappa shape index (κ1) is 19.2. The van der Waals surface area contributed by atoms with Crippen molar-refractivity contribution in [2.75, 3.05) is 7.11 Å². The number of nitrogens with zero attached hydrogens (tertiary/aromatic N) is 1. The predicted octanol–water partition coefficient (Wildman–Crippen LogP) is 4.22. The molecule has 0 aliphatic rings. The van der Waals surface area contributed by atoms with Crippen LogP contribution in [0.5, 0.6) is 11.5 Å². The van der Waals surface area contributed by atoms with Gasteiger partial charge in [0.2, 0.25) is 0 Å². The number of furan rings is 1. The quantitative estimate of drug-likeness (QED) is 0.471. The molecule has 0 fully saturated rings. The zero-order chi connectivity index (χ0) is 19.8. The van der Waals surface area contributed by atoms with Crippen molar-refractivity contribution in [1.82, 2.24) is 5.43 Å². The van der Waals surface area contributed by atoms with Crippen molar-refractivity contribution in [3.05, 3.63) is 83.8 Å². The Bertz CT molecular complexity index is 931. The molecule has 0 spiro atoms. The lowest BCUT2D eigenvalue weighted by Crippen LogP contribution is -2.19. The summed E-state index contributed by atoms with van der Waals surface area (Å²) in [5.41, 5.74) is 4.37.